The lowest BCUT2D eigenvalue weighted by Crippen LogP contribution is -2.45. The Morgan fingerprint density at radius 3 is 2.41 bits per heavy atom. The molecule has 1 aromatic carbocycles. The minimum Gasteiger partial charge on any atom is -0.289 e. The fraction of sp³-hybridized carbons (Fsp3) is 0.462. The molecule has 2 rings (SSSR count). The zero-order valence-corrected chi connectivity index (χ0v) is 9.95. The van der Waals surface area contributed by atoms with Gasteiger partial charge in [0, 0.05) is 20.0 Å². The molecule has 1 saturated heterocycles. The predicted octanol–water partition coefficient (Wildman–Crippen LogP) is 2.06. The largest absolute Gasteiger partial charge is 0.289 e. The topological polar surface area (TPSA) is 32.3 Å². The molecule has 0 saturated carbocycles. The Morgan fingerprint density at radius 2 is 1.88 bits per heavy atom. The molecule has 0 aliphatic carbocycles. The summed E-state index contributed by atoms with van der Waals surface area (Å²) in [5.41, 5.74) is 3.99. The number of carbonyl (C=O) groups excluding carboxylic acids is 1. The van der Waals surface area contributed by atoms with Crippen LogP contribution in [0.4, 0.5) is 4.39 Å². The maximum absolute atomic E-state index is 12.8. The average Bonchev–Trinajstić information content (AvgIpc) is 2.30. The molecule has 1 aliphatic heterocycles. The summed E-state index contributed by atoms with van der Waals surface area (Å²) in [6, 6.07) is 6.73. The Bertz CT molecular complexity index is 383. The summed E-state index contributed by atoms with van der Waals surface area (Å²) in [4.78, 5) is 10.9. The van der Waals surface area contributed by atoms with Gasteiger partial charge in [0.25, 0.3) is 0 Å². The molecule has 1 heterocycles. The summed E-state index contributed by atoms with van der Waals surface area (Å²) < 4.78 is 12.8. The Hall–Kier alpha value is -1.42. The number of piperidine rings is 1. The van der Waals surface area contributed by atoms with Gasteiger partial charge in [0.05, 0.1) is 0 Å². The molecular weight excluding hydrogens is 219 g/mol. The first-order valence-corrected chi connectivity index (χ1v) is 5.93. The summed E-state index contributed by atoms with van der Waals surface area (Å²) in [5.74, 6) is 0.260. The predicted molar refractivity (Wildman–Crippen MR) is 63.8 cm³/mol. The number of halogens is 1. The van der Waals surface area contributed by atoms with Crippen molar-refractivity contribution in [2.24, 2.45) is 0 Å². The van der Waals surface area contributed by atoms with E-state index in [0.29, 0.717) is 5.92 Å². The number of nitrogens with one attached hydrogen (secondary N) is 1. The SMILES string of the molecule is CC(=O)NN1CCC(c2ccc(F)cc2)CC1. The molecule has 1 aromatic rings. The van der Waals surface area contributed by atoms with Crippen LogP contribution < -0.4 is 5.43 Å². The lowest BCUT2D eigenvalue weighted by atomic mass is 9.90. The third kappa shape index (κ3) is 3.27. The van der Waals surface area contributed by atoms with Crippen LogP contribution in [0.2, 0.25) is 0 Å². The minimum atomic E-state index is -0.190. The summed E-state index contributed by atoms with van der Waals surface area (Å²) in [7, 11) is 0. The molecule has 0 spiro atoms. The van der Waals surface area contributed by atoms with E-state index in [1.165, 1.54) is 24.6 Å². The molecular formula is C13H17FN2O. The lowest BCUT2D eigenvalue weighted by Gasteiger charge is -2.31. The molecule has 3 nitrogen and oxygen atoms in total. The fourth-order valence-electron chi connectivity index (χ4n) is 2.28. The first-order valence-electron chi connectivity index (χ1n) is 5.93. The number of rotatable bonds is 2. The van der Waals surface area contributed by atoms with E-state index >= 15 is 0 Å². The van der Waals surface area contributed by atoms with Gasteiger partial charge in [-0.05, 0) is 36.5 Å². The van der Waals surface area contributed by atoms with E-state index in [9.17, 15) is 9.18 Å². The van der Waals surface area contributed by atoms with Crippen molar-refractivity contribution in [1.29, 1.82) is 0 Å². The van der Waals surface area contributed by atoms with Gasteiger partial charge in [-0.15, -0.1) is 0 Å². The molecule has 0 atom stereocenters. The highest BCUT2D eigenvalue weighted by Crippen LogP contribution is 2.27. The van der Waals surface area contributed by atoms with Crippen molar-refractivity contribution in [3.05, 3.63) is 35.6 Å². The number of carbonyl (C=O) groups is 1. The Morgan fingerprint density at radius 1 is 1.29 bits per heavy atom. The maximum atomic E-state index is 12.8. The molecule has 0 aromatic heterocycles. The van der Waals surface area contributed by atoms with Crippen LogP contribution >= 0.6 is 0 Å². The first kappa shape index (κ1) is 12.0. The molecule has 1 N–H and O–H groups in total. The second-order valence-electron chi connectivity index (χ2n) is 4.48. The van der Waals surface area contributed by atoms with Crippen LogP contribution in [0.5, 0.6) is 0 Å². The van der Waals surface area contributed by atoms with E-state index in [4.69, 9.17) is 0 Å². The molecule has 0 unspecified atom stereocenters. The van der Waals surface area contributed by atoms with E-state index in [2.05, 4.69) is 5.43 Å². The number of amides is 1. The number of benzene rings is 1. The van der Waals surface area contributed by atoms with E-state index in [1.54, 1.807) is 0 Å². The van der Waals surface area contributed by atoms with E-state index < -0.39 is 0 Å². The molecule has 92 valence electrons. The second kappa shape index (κ2) is 5.27. The quantitative estimate of drug-likeness (QED) is 0.852. The van der Waals surface area contributed by atoms with Crippen molar-refractivity contribution in [2.45, 2.75) is 25.7 Å². The van der Waals surface area contributed by atoms with E-state index in [1.807, 2.05) is 17.1 Å². The normalized spacial score (nSPS) is 18.0. The zero-order chi connectivity index (χ0) is 12.3. The maximum Gasteiger partial charge on any atom is 0.231 e. The number of hydrazine groups is 1. The van der Waals surface area contributed by atoms with E-state index in [-0.39, 0.29) is 11.7 Å². The fourth-order valence-corrected chi connectivity index (χ4v) is 2.28. The van der Waals surface area contributed by atoms with Crippen molar-refractivity contribution in [3.8, 4) is 0 Å². The first-order chi connectivity index (χ1) is 8.15. The average molecular weight is 236 g/mol. The second-order valence-corrected chi connectivity index (χ2v) is 4.48. The highest BCUT2D eigenvalue weighted by molar-refractivity contribution is 5.72. The standard InChI is InChI=1S/C13H17FN2O/c1-10(17)15-16-8-6-12(7-9-16)11-2-4-13(14)5-3-11/h2-5,12H,6-9H2,1H3,(H,15,17). The van der Waals surface area contributed by atoms with Gasteiger partial charge in [-0.3, -0.25) is 10.2 Å². The van der Waals surface area contributed by atoms with Gasteiger partial charge in [0.15, 0.2) is 0 Å². The van der Waals surface area contributed by atoms with Crippen molar-refractivity contribution < 1.29 is 9.18 Å². The summed E-state index contributed by atoms with van der Waals surface area (Å²) in [6.07, 6.45) is 1.98. The van der Waals surface area contributed by atoms with Crippen molar-refractivity contribution in [3.63, 3.8) is 0 Å². The van der Waals surface area contributed by atoms with Crippen LogP contribution in [0.1, 0.15) is 31.2 Å². The highest BCUT2D eigenvalue weighted by atomic mass is 19.1. The number of nitrogens with zero attached hydrogens (tertiary/aromatic N) is 1. The minimum absolute atomic E-state index is 0.0229. The molecule has 1 amide bonds. The Labute approximate surface area is 101 Å². The lowest BCUT2D eigenvalue weighted by molar-refractivity contribution is -0.124. The Kier molecular flexibility index (Phi) is 3.74. The van der Waals surface area contributed by atoms with Crippen LogP contribution in [-0.2, 0) is 4.79 Å². The number of hydrogen-bond acceptors (Lipinski definition) is 2. The van der Waals surface area contributed by atoms with Crippen molar-refractivity contribution in [2.75, 3.05) is 13.1 Å². The van der Waals surface area contributed by atoms with Crippen LogP contribution in [0.3, 0.4) is 0 Å². The monoisotopic (exact) mass is 236 g/mol. The summed E-state index contributed by atoms with van der Waals surface area (Å²) in [6.45, 7) is 3.22. The smallest absolute Gasteiger partial charge is 0.231 e. The van der Waals surface area contributed by atoms with Crippen LogP contribution in [0, 0.1) is 5.82 Å². The molecule has 17 heavy (non-hydrogen) atoms. The zero-order valence-electron chi connectivity index (χ0n) is 9.95. The third-order valence-corrected chi connectivity index (χ3v) is 3.15. The van der Waals surface area contributed by atoms with Gasteiger partial charge in [-0.2, -0.15) is 0 Å². The van der Waals surface area contributed by atoms with Gasteiger partial charge in [0.2, 0.25) is 5.91 Å². The highest BCUT2D eigenvalue weighted by Gasteiger charge is 2.20. The van der Waals surface area contributed by atoms with Gasteiger partial charge in [-0.1, -0.05) is 12.1 Å². The number of hydrogen-bond donors (Lipinski definition) is 1. The van der Waals surface area contributed by atoms with Gasteiger partial charge in [-0.25, -0.2) is 9.40 Å². The summed E-state index contributed by atoms with van der Waals surface area (Å²) >= 11 is 0. The van der Waals surface area contributed by atoms with Gasteiger partial charge < -0.3 is 0 Å². The third-order valence-electron chi connectivity index (χ3n) is 3.15. The molecule has 4 heteroatoms. The molecule has 1 fully saturated rings. The van der Waals surface area contributed by atoms with Crippen molar-refractivity contribution >= 4 is 5.91 Å². The molecule has 1 aliphatic rings. The molecule has 0 bridgehead atoms. The van der Waals surface area contributed by atoms with Crippen LogP contribution in [0.25, 0.3) is 0 Å². The van der Waals surface area contributed by atoms with Gasteiger partial charge >= 0.3 is 0 Å². The van der Waals surface area contributed by atoms with E-state index in [0.717, 1.165) is 25.9 Å². The van der Waals surface area contributed by atoms with Crippen LogP contribution in [-0.4, -0.2) is 24.0 Å². The van der Waals surface area contributed by atoms with Crippen molar-refractivity contribution in [1.82, 2.24) is 10.4 Å². The van der Waals surface area contributed by atoms with Crippen LogP contribution in [0.15, 0.2) is 24.3 Å². The molecule has 0 radical (unpaired) electrons. The van der Waals surface area contributed by atoms with Gasteiger partial charge in [0.1, 0.15) is 5.82 Å². The Balaban J connectivity index is 1.90. The summed E-state index contributed by atoms with van der Waals surface area (Å²) in [5, 5.41) is 1.95.